The van der Waals surface area contributed by atoms with Gasteiger partial charge in [-0.3, -0.25) is 0 Å². The van der Waals surface area contributed by atoms with E-state index < -0.39 is 0 Å². The first-order chi connectivity index (χ1) is 13.8. The Morgan fingerprint density at radius 3 is 2.72 bits per heavy atom. The number of pyridine rings is 1. The van der Waals surface area contributed by atoms with Gasteiger partial charge in [-0.1, -0.05) is 0 Å². The Hall–Kier alpha value is -2.80. The molecule has 1 saturated heterocycles. The van der Waals surface area contributed by atoms with Gasteiger partial charge >= 0.3 is 0 Å². The van der Waals surface area contributed by atoms with Crippen LogP contribution in [0.1, 0.15) is 49.6 Å². The minimum Gasteiger partial charge on any atom is -0.312 e. The number of hydrogen-bond donors (Lipinski definition) is 1. The van der Waals surface area contributed by atoms with Crippen LogP contribution in [0, 0.1) is 19.7 Å². The minimum absolute atomic E-state index is 0.0716. The standard InChI is InChI=1S/C22H25FN6/c1-13-7-18(27-29-10-14(2)25-20(13)29)16-8-17(23)21-26-19(12-28(21)11-16)15-5-6-24-22(3,4)9-15/h7-8,10-12,15,24H,5-6,9H2,1-4H3/t15-/m0/s1. The molecule has 1 atom stereocenters. The number of hydrogen-bond acceptors (Lipinski definition) is 4. The van der Waals surface area contributed by atoms with Gasteiger partial charge in [0, 0.05) is 29.4 Å². The van der Waals surface area contributed by atoms with Crippen molar-refractivity contribution in [2.24, 2.45) is 0 Å². The van der Waals surface area contributed by atoms with E-state index in [4.69, 9.17) is 0 Å². The van der Waals surface area contributed by atoms with Gasteiger partial charge < -0.3 is 9.72 Å². The molecule has 6 nitrogen and oxygen atoms in total. The molecule has 0 spiro atoms. The lowest BCUT2D eigenvalue weighted by Gasteiger charge is -2.35. The summed E-state index contributed by atoms with van der Waals surface area (Å²) in [7, 11) is 0. The Morgan fingerprint density at radius 1 is 1.10 bits per heavy atom. The van der Waals surface area contributed by atoms with Crippen LogP contribution in [0.2, 0.25) is 0 Å². The zero-order chi connectivity index (χ0) is 20.3. The number of aromatic nitrogens is 5. The normalized spacial score (nSPS) is 19.3. The molecule has 0 bridgehead atoms. The molecule has 1 N–H and O–H groups in total. The van der Waals surface area contributed by atoms with Crippen molar-refractivity contribution in [2.45, 2.75) is 52.0 Å². The summed E-state index contributed by atoms with van der Waals surface area (Å²) >= 11 is 0. The van der Waals surface area contributed by atoms with Crippen LogP contribution in [0.25, 0.3) is 22.6 Å². The molecule has 1 aliphatic rings. The molecule has 0 aromatic carbocycles. The van der Waals surface area contributed by atoms with Gasteiger partial charge in [0.1, 0.15) is 0 Å². The topological polar surface area (TPSA) is 59.5 Å². The number of piperidine rings is 1. The lowest BCUT2D eigenvalue weighted by molar-refractivity contribution is 0.273. The highest BCUT2D eigenvalue weighted by molar-refractivity contribution is 5.64. The molecule has 1 fully saturated rings. The van der Waals surface area contributed by atoms with E-state index in [-0.39, 0.29) is 11.4 Å². The highest BCUT2D eigenvalue weighted by Gasteiger charge is 2.30. The molecule has 0 radical (unpaired) electrons. The van der Waals surface area contributed by atoms with Crippen molar-refractivity contribution in [2.75, 3.05) is 6.54 Å². The fourth-order valence-electron chi connectivity index (χ4n) is 4.43. The summed E-state index contributed by atoms with van der Waals surface area (Å²) in [4.78, 5) is 9.12. The third-order valence-corrected chi connectivity index (χ3v) is 5.82. The van der Waals surface area contributed by atoms with Crippen molar-refractivity contribution < 1.29 is 4.39 Å². The number of nitrogens with one attached hydrogen (secondary N) is 1. The molecule has 0 saturated carbocycles. The van der Waals surface area contributed by atoms with E-state index >= 15 is 0 Å². The van der Waals surface area contributed by atoms with Crippen LogP contribution < -0.4 is 5.32 Å². The molecular formula is C22H25FN6. The zero-order valence-corrected chi connectivity index (χ0v) is 17.2. The zero-order valence-electron chi connectivity index (χ0n) is 17.2. The molecule has 4 aromatic heterocycles. The van der Waals surface area contributed by atoms with Gasteiger partial charge in [0.2, 0.25) is 0 Å². The lowest BCUT2D eigenvalue weighted by Crippen LogP contribution is -2.45. The largest absolute Gasteiger partial charge is 0.312 e. The first-order valence-electron chi connectivity index (χ1n) is 10.1. The van der Waals surface area contributed by atoms with Crippen LogP contribution in [0.15, 0.2) is 30.7 Å². The van der Waals surface area contributed by atoms with Gasteiger partial charge in [0.05, 0.1) is 23.3 Å². The summed E-state index contributed by atoms with van der Waals surface area (Å²) < 4.78 is 18.5. The van der Waals surface area contributed by atoms with Crippen LogP contribution in [-0.2, 0) is 0 Å². The van der Waals surface area contributed by atoms with Crippen LogP contribution in [0.5, 0.6) is 0 Å². The van der Waals surface area contributed by atoms with Crippen LogP contribution in [0.3, 0.4) is 0 Å². The van der Waals surface area contributed by atoms with E-state index in [1.54, 1.807) is 8.92 Å². The van der Waals surface area contributed by atoms with Gasteiger partial charge in [0.25, 0.3) is 0 Å². The molecule has 1 aliphatic heterocycles. The van der Waals surface area contributed by atoms with Crippen molar-refractivity contribution in [1.82, 2.24) is 29.3 Å². The van der Waals surface area contributed by atoms with Gasteiger partial charge in [0.15, 0.2) is 17.1 Å². The Kier molecular flexibility index (Phi) is 4.00. The molecule has 0 unspecified atom stereocenters. The number of aryl methyl sites for hydroxylation is 2. The molecular weight excluding hydrogens is 367 g/mol. The van der Waals surface area contributed by atoms with Crippen molar-refractivity contribution in [3.05, 3.63) is 53.5 Å². The molecule has 7 heteroatoms. The summed E-state index contributed by atoms with van der Waals surface area (Å²) in [5.74, 6) is 0.00273. The Morgan fingerprint density at radius 2 is 1.93 bits per heavy atom. The molecule has 150 valence electrons. The second-order valence-electron chi connectivity index (χ2n) is 8.84. The van der Waals surface area contributed by atoms with Gasteiger partial charge in [-0.2, -0.15) is 5.10 Å². The Bertz CT molecular complexity index is 1240. The summed E-state index contributed by atoms with van der Waals surface area (Å²) in [6, 6.07) is 3.48. The number of halogens is 1. The van der Waals surface area contributed by atoms with E-state index in [0.29, 0.717) is 17.3 Å². The number of nitrogens with zero attached hydrogens (tertiary/aromatic N) is 5. The lowest BCUT2D eigenvalue weighted by atomic mass is 9.83. The van der Waals surface area contributed by atoms with Crippen molar-refractivity contribution in [3.63, 3.8) is 0 Å². The van der Waals surface area contributed by atoms with Gasteiger partial charge in [-0.25, -0.2) is 18.9 Å². The molecule has 5 rings (SSSR count). The highest BCUT2D eigenvalue weighted by Crippen LogP contribution is 2.33. The molecule has 4 aromatic rings. The van der Waals surface area contributed by atoms with Crippen LogP contribution >= 0.6 is 0 Å². The quantitative estimate of drug-likeness (QED) is 0.559. The van der Waals surface area contributed by atoms with Crippen molar-refractivity contribution in [1.29, 1.82) is 0 Å². The maximum Gasteiger partial charge on any atom is 0.173 e. The summed E-state index contributed by atoms with van der Waals surface area (Å²) in [6.07, 6.45) is 7.77. The summed E-state index contributed by atoms with van der Waals surface area (Å²) in [5.41, 5.74) is 5.58. The van der Waals surface area contributed by atoms with E-state index in [2.05, 4.69) is 34.2 Å². The maximum atomic E-state index is 14.9. The molecule has 0 amide bonds. The second-order valence-corrected chi connectivity index (χ2v) is 8.84. The third-order valence-electron chi connectivity index (χ3n) is 5.82. The highest BCUT2D eigenvalue weighted by atomic mass is 19.1. The SMILES string of the molecule is Cc1cn2nc(-c3cc(F)c4nc([C@H]5CCNC(C)(C)C5)cn4c3)cc(C)c2n1. The second kappa shape index (κ2) is 6.35. The molecule has 0 aliphatic carbocycles. The summed E-state index contributed by atoms with van der Waals surface area (Å²) in [6.45, 7) is 9.29. The van der Waals surface area contributed by atoms with Gasteiger partial charge in [-0.05, 0) is 64.8 Å². The smallest absolute Gasteiger partial charge is 0.173 e. The molecule has 5 heterocycles. The van der Waals surface area contributed by atoms with E-state index in [0.717, 1.165) is 47.5 Å². The molecule has 29 heavy (non-hydrogen) atoms. The predicted molar refractivity (Wildman–Crippen MR) is 111 cm³/mol. The van der Waals surface area contributed by atoms with Crippen molar-refractivity contribution >= 4 is 11.3 Å². The number of rotatable bonds is 2. The third kappa shape index (κ3) is 3.19. The Balaban J connectivity index is 1.58. The number of fused-ring (bicyclic) bond motifs is 2. The van der Waals surface area contributed by atoms with E-state index in [1.165, 1.54) is 6.07 Å². The Labute approximate surface area is 168 Å². The maximum absolute atomic E-state index is 14.9. The first-order valence-corrected chi connectivity index (χ1v) is 10.1. The average molecular weight is 392 g/mol. The minimum atomic E-state index is -0.330. The van der Waals surface area contributed by atoms with E-state index in [1.807, 2.05) is 38.5 Å². The van der Waals surface area contributed by atoms with E-state index in [9.17, 15) is 4.39 Å². The summed E-state index contributed by atoms with van der Waals surface area (Å²) in [5, 5.41) is 8.17. The monoisotopic (exact) mass is 392 g/mol. The van der Waals surface area contributed by atoms with Gasteiger partial charge in [-0.15, -0.1) is 0 Å². The van der Waals surface area contributed by atoms with Crippen molar-refractivity contribution in [3.8, 4) is 11.3 Å². The number of imidazole rings is 2. The fraction of sp³-hybridized carbons (Fsp3) is 0.409. The van der Waals surface area contributed by atoms with Crippen LogP contribution in [-0.4, -0.2) is 36.1 Å². The van der Waals surface area contributed by atoms with Crippen LogP contribution in [0.4, 0.5) is 4.39 Å². The predicted octanol–water partition coefficient (Wildman–Crippen LogP) is 4.05. The fourth-order valence-corrected chi connectivity index (χ4v) is 4.43. The first kappa shape index (κ1) is 18.2. The average Bonchev–Trinajstić information content (AvgIpc) is 3.24.